The number of hydrogen-bond acceptors (Lipinski definition) is 6. The maximum absolute atomic E-state index is 14.9. The van der Waals surface area contributed by atoms with Crippen molar-refractivity contribution in [2.24, 2.45) is 0 Å². The number of ether oxygens (including phenoxy) is 2. The Bertz CT molecular complexity index is 1480. The van der Waals surface area contributed by atoms with Gasteiger partial charge in [-0.05, 0) is 30.2 Å². The molecule has 1 N–H and O–H groups in total. The molecule has 0 saturated carbocycles. The second-order valence-electron chi connectivity index (χ2n) is 10.1. The molecule has 4 rings (SSSR count). The van der Waals surface area contributed by atoms with Gasteiger partial charge in [0, 0.05) is 31.1 Å². The highest BCUT2D eigenvalue weighted by Crippen LogP contribution is 2.34. The molecule has 1 heterocycles. The first-order valence-electron chi connectivity index (χ1n) is 13.9. The summed E-state index contributed by atoms with van der Waals surface area (Å²) in [6.07, 6.45) is 2.76. The Balaban J connectivity index is 1.72. The quantitative estimate of drug-likeness (QED) is 0.300. The monoisotopic (exact) mass is 597 g/mol. The Morgan fingerprint density at radius 1 is 0.976 bits per heavy atom. The number of hydrogen-bond donors (Lipinski definition) is 1. The number of rotatable bonds is 13. The van der Waals surface area contributed by atoms with Crippen LogP contribution in [0.25, 0.3) is 0 Å². The van der Waals surface area contributed by atoms with Crippen LogP contribution < -0.4 is 19.1 Å². The minimum atomic E-state index is -3.96. The van der Waals surface area contributed by atoms with Gasteiger partial charge >= 0.3 is 0 Å². The lowest BCUT2D eigenvalue weighted by atomic mass is 10.0. The molecule has 0 radical (unpaired) electrons. The van der Waals surface area contributed by atoms with Gasteiger partial charge < -0.3 is 19.7 Å². The van der Waals surface area contributed by atoms with Crippen molar-refractivity contribution < 1.29 is 31.9 Å². The molecule has 0 bridgehead atoms. The highest BCUT2D eigenvalue weighted by Gasteiger charge is 2.33. The normalized spacial score (nSPS) is 13.2. The van der Waals surface area contributed by atoms with E-state index in [0.717, 1.165) is 29.0 Å². The molecule has 224 valence electrons. The second-order valence-corrected chi connectivity index (χ2v) is 12.0. The fourth-order valence-corrected chi connectivity index (χ4v) is 5.51. The van der Waals surface area contributed by atoms with Crippen LogP contribution in [0.5, 0.6) is 11.5 Å². The van der Waals surface area contributed by atoms with Gasteiger partial charge in [-0.1, -0.05) is 61.9 Å². The first-order chi connectivity index (χ1) is 20.2. The summed E-state index contributed by atoms with van der Waals surface area (Å²) in [6, 6.07) is 18.8. The Hall–Kier alpha value is -4.12. The summed E-state index contributed by atoms with van der Waals surface area (Å²) in [5.74, 6) is -0.766. The number of fused-ring (bicyclic) bond motifs is 1. The number of nitrogens with zero attached hydrogens (tertiary/aromatic N) is 2. The molecule has 1 aliphatic rings. The van der Waals surface area contributed by atoms with Crippen LogP contribution in [0.3, 0.4) is 0 Å². The Kier molecular flexibility index (Phi) is 10.4. The molecule has 42 heavy (non-hydrogen) atoms. The third kappa shape index (κ3) is 8.00. The third-order valence-electron chi connectivity index (χ3n) is 6.89. The van der Waals surface area contributed by atoms with Crippen LogP contribution in [0, 0.1) is 5.82 Å². The lowest BCUT2D eigenvalue weighted by molar-refractivity contribution is -0.140. The van der Waals surface area contributed by atoms with Crippen molar-refractivity contribution in [3.8, 4) is 11.5 Å². The van der Waals surface area contributed by atoms with E-state index in [0.29, 0.717) is 31.3 Å². The molecule has 0 saturated heterocycles. The van der Waals surface area contributed by atoms with Crippen molar-refractivity contribution in [2.45, 2.75) is 38.8 Å². The highest BCUT2D eigenvalue weighted by molar-refractivity contribution is 7.92. The van der Waals surface area contributed by atoms with Crippen LogP contribution in [-0.2, 0) is 32.6 Å². The predicted octanol–water partition coefficient (Wildman–Crippen LogP) is 3.92. The smallest absolute Gasteiger partial charge is 0.244 e. The molecule has 11 heteroatoms. The van der Waals surface area contributed by atoms with E-state index in [2.05, 4.69) is 5.32 Å². The van der Waals surface area contributed by atoms with Crippen molar-refractivity contribution in [1.82, 2.24) is 10.2 Å². The van der Waals surface area contributed by atoms with E-state index in [4.69, 9.17) is 9.47 Å². The van der Waals surface area contributed by atoms with E-state index < -0.39 is 40.2 Å². The standard InChI is InChI=1S/C31H36FN3O6S/c1-3-4-16-33-31(37)27(19-23-10-6-5-7-11-23)34(21-24-12-8-9-13-26(24)32)30(36)22-35(42(2,38)39)25-14-15-28-29(20-25)41-18-17-40-28/h5-15,20,27H,3-4,16-19,21-22H2,1-2H3,(H,33,37)/t27-/m0/s1. The van der Waals surface area contributed by atoms with Crippen molar-refractivity contribution in [2.75, 3.05) is 36.9 Å². The zero-order chi connectivity index (χ0) is 30.1. The van der Waals surface area contributed by atoms with Gasteiger partial charge in [0.25, 0.3) is 0 Å². The molecule has 0 aromatic heterocycles. The van der Waals surface area contributed by atoms with E-state index in [9.17, 15) is 22.4 Å². The highest BCUT2D eigenvalue weighted by atomic mass is 32.2. The van der Waals surface area contributed by atoms with Crippen molar-refractivity contribution >= 4 is 27.5 Å². The van der Waals surface area contributed by atoms with E-state index >= 15 is 0 Å². The summed E-state index contributed by atoms with van der Waals surface area (Å²) < 4.78 is 52.9. The van der Waals surface area contributed by atoms with Crippen LogP contribution >= 0.6 is 0 Å². The van der Waals surface area contributed by atoms with E-state index in [1.807, 2.05) is 37.3 Å². The Labute approximate surface area is 246 Å². The number of halogens is 1. The zero-order valence-corrected chi connectivity index (χ0v) is 24.6. The van der Waals surface area contributed by atoms with Gasteiger partial charge in [0.1, 0.15) is 31.6 Å². The molecule has 9 nitrogen and oxygen atoms in total. The Morgan fingerprint density at radius 3 is 2.36 bits per heavy atom. The van der Waals surface area contributed by atoms with Crippen LogP contribution in [-0.4, -0.2) is 63.7 Å². The van der Waals surface area contributed by atoms with Crippen molar-refractivity contribution in [1.29, 1.82) is 0 Å². The summed E-state index contributed by atoms with van der Waals surface area (Å²) in [6.45, 7) is 2.24. The molecular formula is C31H36FN3O6S. The minimum Gasteiger partial charge on any atom is -0.486 e. The fraction of sp³-hybridized carbons (Fsp3) is 0.355. The lowest BCUT2D eigenvalue weighted by Gasteiger charge is -2.33. The number of nitrogens with one attached hydrogen (secondary N) is 1. The van der Waals surface area contributed by atoms with Crippen LogP contribution in [0.1, 0.15) is 30.9 Å². The van der Waals surface area contributed by atoms with Gasteiger partial charge in [0.2, 0.25) is 21.8 Å². The average Bonchev–Trinajstić information content (AvgIpc) is 2.98. The topological polar surface area (TPSA) is 105 Å². The predicted molar refractivity (Wildman–Crippen MR) is 158 cm³/mol. The maximum Gasteiger partial charge on any atom is 0.244 e. The van der Waals surface area contributed by atoms with Crippen LogP contribution in [0.15, 0.2) is 72.8 Å². The van der Waals surface area contributed by atoms with Crippen LogP contribution in [0.2, 0.25) is 0 Å². The summed E-state index contributed by atoms with van der Waals surface area (Å²) in [7, 11) is -3.96. The molecule has 0 aliphatic carbocycles. The number of carbonyl (C=O) groups is 2. The maximum atomic E-state index is 14.9. The number of benzene rings is 3. The van der Waals surface area contributed by atoms with Crippen molar-refractivity contribution in [3.63, 3.8) is 0 Å². The SMILES string of the molecule is CCCCNC(=O)[C@H](Cc1ccccc1)N(Cc1ccccc1F)C(=O)CN(c1ccc2c(c1)OCCO2)S(C)(=O)=O. The molecule has 3 aromatic carbocycles. The van der Waals surface area contributed by atoms with Gasteiger partial charge in [-0.3, -0.25) is 13.9 Å². The molecule has 2 amide bonds. The molecule has 3 aromatic rings. The minimum absolute atomic E-state index is 0.155. The second kappa shape index (κ2) is 14.2. The summed E-state index contributed by atoms with van der Waals surface area (Å²) in [4.78, 5) is 29.0. The van der Waals surface area contributed by atoms with Crippen LogP contribution in [0.4, 0.5) is 10.1 Å². The van der Waals surface area contributed by atoms with E-state index in [1.54, 1.807) is 18.2 Å². The molecule has 0 fully saturated rings. The van der Waals surface area contributed by atoms with Gasteiger partial charge in [-0.25, -0.2) is 12.8 Å². The number of anilines is 1. The number of unbranched alkanes of at least 4 members (excludes halogenated alkanes) is 1. The van der Waals surface area contributed by atoms with Crippen molar-refractivity contribution in [3.05, 3.63) is 89.7 Å². The van der Waals surface area contributed by atoms with E-state index in [1.165, 1.54) is 29.2 Å². The molecular weight excluding hydrogens is 561 g/mol. The third-order valence-corrected chi connectivity index (χ3v) is 8.03. The fourth-order valence-electron chi connectivity index (χ4n) is 4.67. The summed E-state index contributed by atoms with van der Waals surface area (Å²) in [5, 5.41) is 2.90. The molecule has 0 spiro atoms. The van der Waals surface area contributed by atoms with Gasteiger partial charge in [-0.2, -0.15) is 0 Å². The largest absolute Gasteiger partial charge is 0.486 e. The van der Waals surface area contributed by atoms with Gasteiger partial charge in [-0.15, -0.1) is 0 Å². The molecule has 0 unspecified atom stereocenters. The lowest BCUT2D eigenvalue weighted by Crippen LogP contribution is -2.53. The number of amides is 2. The van der Waals surface area contributed by atoms with E-state index in [-0.39, 0.29) is 24.2 Å². The molecule has 1 atom stereocenters. The van der Waals surface area contributed by atoms with Gasteiger partial charge in [0.05, 0.1) is 11.9 Å². The first-order valence-corrected chi connectivity index (χ1v) is 15.7. The number of sulfonamides is 1. The summed E-state index contributed by atoms with van der Waals surface area (Å²) in [5.41, 5.74) is 1.20. The zero-order valence-electron chi connectivity index (χ0n) is 23.8. The van der Waals surface area contributed by atoms with Gasteiger partial charge in [0.15, 0.2) is 11.5 Å². The first kappa shape index (κ1) is 30.8. The summed E-state index contributed by atoms with van der Waals surface area (Å²) >= 11 is 0. The Morgan fingerprint density at radius 2 is 1.67 bits per heavy atom. The molecule has 1 aliphatic heterocycles. The average molecular weight is 598 g/mol. The number of carbonyl (C=O) groups excluding carboxylic acids is 2.